The minimum atomic E-state index is -1.22. The largest absolute Gasteiger partial charge is 0.480 e. The van der Waals surface area contributed by atoms with Gasteiger partial charge < -0.3 is 20.1 Å². The van der Waals surface area contributed by atoms with Crippen molar-refractivity contribution in [2.24, 2.45) is 0 Å². The van der Waals surface area contributed by atoms with E-state index >= 15 is 0 Å². The highest BCUT2D eigenvalue weighted by atomic mass is 35.5. The van der Waals surface area contributed by atoms with Crippen LogP contribution in [0.15, 0.2) is 60.7 Å². The molecule has 3 aromatic carbocycles. The number of amides is 1. The Balaban J connectivity index is 1.25. The maximum atomic E-state index is 12.7. The lowest BCUT2D eigenvalue weighted by Gasteiger charge is -2.30. The molecular formula is C29H28Cl2N2O4. The Labute approximate surface area is 226 Å². The number of ether oxygens (including phenoxy) is 1. The van der Waals surface area contributed by atoms with E-state index in [1.165, 1.54) is 6.42 Å². The zero-order valence-corrected chi connectivity index (χ0v) is 21.8. The lowest BCUT2D eigenvalue weighted by atomic mass is 9.98. The molecule has 1 heterocycles. The summed E-state index contributed by atoms with van der Waals surface area (Å²) in [5, 5.41) is 13.2. The van der Waals surface area contributed by atoms with Crippen LogP contribution in [0, 0.1) is 0 Å². The number of benzene rings is 3. The molecule has 1 fully saturated rings. The number of carboxylic acids is 1. The zero-order chi connectivity index (χ0) is 25.9. The number of rotatable bonds is 7. The molecule has 1 unspecified atom stereocenters. The molecule has 6 nitrogen and oxygen atoms in total. The molecule has 0 saturated carbocycles. The average molecular weight is 539 g/mol. The number of carboxylic acid groups (broad SMARTS) is 1. The van der Waals surface area contributed by atoms with Crippen molar-refractivity contribution in [3.63, 3.8) is 0 Å². The van der Waals surface area contributed by atoms with Gasteiger partial charge in [-0.25, -0.2) is 9.59 Å². The topological polar surface area (TPSA) is 78.9 Å². The molecule has 0 aromatic heterocycles. The normalized spacial score (nSPS) is 15.6. The minimum Gasteiger partial charge on any atom is -0.480 e. The number of fused-ring (bicyclic) bond motifs is 3. The van der Waals surface area contributed by atoms with E-state index in [2.05, 4.69) is 22.3 Å². The van der Waals surface area contributed by atoms with E-state index in [1.54, 1.807) is 12.1 Å². The lowest BCUT2D eigenvalue weighted by molar-refractivity contribution is -0.139. The Kier molecular flexibility index (Phi) is 7.58. The van der Waals surface area contributed by atoms with Crippen molar-refractivity contribution in [3.05, 3.63) is 87.4 Å². The fourth-order valence-electron chi connectivity index (χ4n) is 5.31. The van der Waals surface area contributed by atoms with Crippen molar-refractivity contribution >= 4 is 41.0 Å². The van der Waals surface area contributed by atoms with E-state index < -0.39 is 18.1 Å². The van der Waals surface area contributed by atoms with Crippen LogP contribution in [0.4, 0.5) is 10.5 Å². The highest BCUT2D eigenvalue weighted by molar-refractivity contribution is 6.35. The van der Waals surface area contributed by atoms with Crippen molar-refractivity contribution in [1.29, 1.82) is 0 Å². The van der Waals surface area contributed by atoms with Crippen LogP contribution in [0.1, 0.15) is 41.9 Å². The molecule has 1 atom stereocenters. The quantitative estimate of drug-likeness (QED) is 0.358. The van der Waals surface area contributed by atoms with Gasteiger partial charge in [0.25, 0.3) is 0 Å². The van der Waals surface area contributed by atoms with Gasteiger partial charge in [0, 0.05) is 30.5 Å². The number of carbonyl (C=O) groups excluding carboxylic acids is 1. The third-order valence-electron chi connectivity index (χ3n) is 7.17. The smallest absolute Gasteiger partial charge is 0.407 e. The summed E-state index contributed by atoms with van der Waals surface area (Å²) < 4.78 is 5.53. The number of carbonyl (C=O) groups is 2. The van der Waals surface area contributed by atoms with Crippen molar-refractivity contribution in [1.82, 2.24) is 5.32 Å². The van der Waals surface area contributed by atoms with E-state index in [0.29, 0.717) is 15.6 Å². The van der Waals surface area contributed by atoms with Gasteiger partial charge in [0.15, 0.2) is 0 Å². The lowest BCUT2D eigenvalue weighted by Crippen LogP contribution is -2.43. The second-order valence-corrected chi connectivity index (χ2v) is 10.3. The molecule has 3 aromatic rings. The monoisotopic (exact) mass is 538 g/mol. The number of nitrogens with one attached hydrogen (secondary N) is 1. The molecule has 2 N–H and O–H groups in total. The summed E-state index contributed by atoms with van der Waals surface area (Å²) >= 11 is 13.1. The Hall–Kier alpha value is -3.22. The molecule has 1 aliphatic heterocycles. The molecular weight excluding hydrogens is 511 g/mol. The first kappa shape index (κ1) is 25.4. The van der Waals surface area contributed by atoms with Crippen LogP contribution in [-0.2, 0) is 16.0 Å². The summed E-state index contributed by atoms with van der Waals surface area (Å²) in [6.07, 6.45) is 2.59. The van der Waals surface area contributed by atoms with Gasteiger partial charge in [-0.2, -0.15) is 0 Å². The van der Waals surface area contributed by atoms with Gasteiger partial charge in [0.05, 0.1) is 10.7 Å². The number of anilines is 1. The Morgan fingerprint density at radius 1 is 0.946 bits per heavy atom. The van der Waals surface area contributed by atoms with Crippen LogP contribution in [0.5, 0.6) is 0 Å². The van der Waals surface area contributed by atoms with Gasteiger partial charge in [0.2, 0.25) is 0 Å². The van der Waals surface area contributed by atoms with E-state index in [9.17, 15) is 14.7 Å². The Bertz CT molecular complexity index is 1280. The fraction of sp³-hybridized carbons (Fsp3) is 0.310. The van der Waals surface area contributed by atoms with Crippen LogP contribution in [-0.4, -0.2) is 42.9 Å². The maximum Gasteiger partial charge on any atom is 0.407 e. The highest BCUT2D eigenvalue weighted by Gasteiger charge is 2.30. The molecule has 0 spiro atoms. The number of halogens is 2. The number of aliphatic carboxylic acids is 1. The Morgan fingerprint density at radius 3 is 2.19 bits per heavy atom. The van der Waals surface area contributed by atoms with Crippen LogP contribution < -0.4 is 10.2 Å². The van der Waals surface area contributed by atoms with Gasteiger partial charge in [-0.15, -0.1) is 0 Å². The predicted octanol–water partition coefficient (Wildman–Crippen LogP) is 6.52. The third kappa shape index (κ3) is 5.41. The van der Waals surface area contributed by atoms with E-state index in [4.69, 9.17) is 27.9 Å². The van der Waals surface area contributed by atoms with E-state index in [-0.39, 0.29) is 18.9 Å². The van der Waals surface area contributed by atoms with Gasteiger partial charge in [-0.3, -0.25) is 0 Å². The van der Waals surface area contributed by atoms with Crippen molar-refractivity contribution in [2.45, 2.75) is 37.6 Å². The second kappa shape index (κ2) is 11.0. The molecule has 1 saturated heterocycles. The first-order chi connectivity index (χ1) is 17.9. The van der Waals surface area contributed by atoms with Crippen LogP contribution in [0.3, 0.4) is 0 Å². The van der Waals surface area contributed by atoms with E-state index in [1.807, 2.05) is 36.4 Å². The Morgan fingerprint density at radius 2 is 1.57 bits per heavy atom. The summed E-state index contributed by atoms with van der Waals surface area (Å²) in [5.41, 5.74) is 5.82. The molecule has 192 valence electrons. The first-order valence-corrected chi connectivity index (χ1v) is 13.2. The summed E-state index contributed by atoms with van der Waals surface area (Å²) in [4.78, 5) is 26.9. The SMILES string of the molecule is O=C(NC(Cc1cc(Cl)c(N2CCCCC2)cc1Cl)C(=O)O)OCC1c2ccccc2-c2ccccc21. The van der Waals surface area contributed by atoms with Gasteiger partial charge in [0.1, 0.15) is 12.6 Å². The number of hydrogen-bond donors (Lipinski definition) is 2. The maximum absolute atomic E-state index is 12.7. The predicted molar refractivity (Wildman–Crippen MR) is 146 cm³/mol. The van der Waals surface area contributed by atoms with E-state index in [0.717, 1.165) is 53.9 Å². The molecule has 1 amide bonds. The molecule has 5 rings (SSSR count). The van der Waals surface area contributed by atoms with Crippen molar-refractivity contribution in [3.8, 4) is 11.1 Å². The standard InChI is InChI=1S/C29H28Cl2N2O4/c30-24-16-27(33-12-6-1-7-13-33)25(31)14-18(24)15-26(28(34)35)32-29(36)37-17-23-21-10-4-2-8-19(21)20-9-3-5-11-22(20)23/h2-5,8-11,14,16,23,26H,1,6-7,12-13,15,17H2,(H,32,36)(H,34,35). The fourth-order valence-corrected chi connectivity index (χ4v) is 5.85. The van der Waals surface area contributed by atoms with Crippen molar-refractivity contribution in [2.75, 3.05) is 24.6 Å². The molecule has 37 heavy (non-hydrogen) atoms. The number of alkyl carbamates (subject to hydrolysis) is 1. The molecule has 1 aliphatic carbocycles. The van der Waals surface area contributed by atoms with Crippen LogP contribution in [0.2, 0.25) is 10.0 Å². The van der Waals surface area contributed by atoms with Crippen LogP contribution in [0.25, 0.3) is 11.1 Å². The summed E-state index contributed by atoms with van der Waals surface area (Å²) in [6, 6.07) is 18.3. The minimum absolute atomic E-state index is 0.0155. The van der Waals surface area contributed by atoms with Gasteiger partial charge in [-0.05, 0) is 59.2 Å². The zero-order valence-electron chi connectivity index (χ0n) is 20.3. The van der Waals surface area contributed by atoms with Gasteiger partial charge in [-0.1, -0.05) is 71.7 Å². The number of hydrogen-bond acceptors (Lipinski definition) is 4. The molecule has 2 aliphatic rings. The van der Waals surface area contributed by atoms with Crippen LogP contribution >= 0.6 is 23.2 Å². The number of piperidine rings is 1. The summed E-state index contributed by atoms with van der Waals surface area (Å²) in [6.45, 7) is 1.93. The molecule has 0 bridgehead atoms. The van der Waals surface area contributed by atoms with Gasteiger partial charge >= 0.3 is 12.1 Å². The highest BCUT2D eigenvalue weighted by Crippen LogP contribution is 2.44. The third-order valence-corrected chi connectivity index (χ3v) is 7.83. The first-order valence-electron chi connectivity index (χ1n) is 12.5. The average Bonchev–Trinajstić information content (AvgIpc) is 3.23. The second-order valence-electron chi connectivity index (χ2n) is 9.51. The van der Waals surface area contributed by atoms with Crippen molar-refractivity contribution < 1.29 is 19.4 Å². The summed E-state index contributed by atoms with van der Waals surface area (Å²) in [5.74, 6) is -1.29. The number of nitrogens with zero attached hydrogens (tertiary/aromatic N) is 1. The molecule has 0 radical (unpaired) electrons. The molecule has 8 heteroatoms. The summed E-state index contributed by atoms with van der Waals surface area (Å²) in [7, 11) is 0.